The van der Waals surface area contributed by atoms with Gasteiger partial charge < -0.3 is 14.3 Å². The van der Waals surface area contributed by atoms with Crippen LogP contribution in [0.3, 0.4) is 0 Å². The van der Waals surface area contributed by atoms with Gasteiger partial charge in [0, 0.05) is 10.4 Å². The zero-order valence-corrected chi connectivity index (χ0v) is 17.5. The number of aliphatic hydroxyl groups is 1. The number of ketones is 1. The number of anilines is 1. The highest BCUT2D eigenvalue weighted by molar-refractivity contribution is 7.16. The third-order valence-corrected chi connectivity index (χ3v) is 5.99. The topological polar surface area (TPSA) is 92.9 Å². The number of hydrogen-bond acceptors (Lipinski definition) is 7. The van der Waals surface area contributed by atoms with Crippen molar-refractivity contribution in [3.05, 3.63) is 70.1 Å². The van der Waals surface area contributed by atoms with Crippen molar-refractivity contribution in [3.63, 3.8) is 0 Å². The van der Waals surface area contributed by atoms with Crippen molar-refractivity contribution in [1.82, 2.24) is 4.98 Å². The van der Waals surface area contributed by atoms with Crippen molar-refractivity contribution in [2.75, 3.05) is 11.5 Å². The molecule has 1 aliphatic heterocycles. The summed E-state index contributed by atoms with van der Waals surface area (Å²) in [6, 6.07) is 9.12. The van der Waals surface area contributed by atoms with Gasteiger partial charge in [0.2, 0.25) is 0 Å². The molecule has 1 amide bonds. The van der Waals surface area contributed by atoms with Crippen LogP contribution >= 0.6 is 11.3 Å². The molecule has 0 spiro atoms. The van der Waals surface area contributed by atoms with Crippen LogP contribution < -0.4 is 9.64 Å². The van der Waals surface area contributed by atoms with Crippen LogP contribution in [0.5, 0.6) is 5.75 Å². The van der Waals surface area contributed by atoms with Crippen LogP contribution in [0.15, 0.2) is 52.7 Å². The highest BCUT2D eigenvalue weighted by Crippen LogP contribution is 2.43. The molecule has 7 nitrogen and oxygen atoms in total. The van der Waals surface area contributed by atoms with E-state index in [-0.39, 0.29) is 11.3 Å². The Hall–Kier alpha value is -3.39. The lowest BCUT2D eigenvalue weighted by Crippen LogP contribution is -2.29. The number of benzene rings is 1. The van der Waals surface area contributed by atoms with Crippen LogP contribution in [-0.2, 0) is 9.59 Å². The smallest absolute Gasteiger partial charge is 0.302 e. The number of aryl methyl sites for hydroxylation is 2. The second-order valence-electron chi connectivity index (χ2n) is 6.78. The Morgan fingerprint density at radius 2 is 1.97 bits per heavy atom. The molecule has 3 heterocycles. The molecule has 0 unspecified atom stereocenters. The van der Waals surface area contributed by atoms with E-state index in [9.17, 15) is 14.7 Å². The second kappa shape index (κ2) is 7.79. The number of ether oxygens (including phenoxy) is 1. The summed E-state index contributed by atoms with van der Waals surface area (Å²) < 4.78 is 11.0. The molecule has 1 saturated heterocycles. The average molecular weight is 424 g/mol. The Kier molecular flexibility index (Phi) is 5.17. The quantitative estimate of drug-likeness (QED) is 0.371. The number of thiazole rings is 1. The van der Waals surface area contributed by atoms with Gasteiger partial charge in [0.1, 0.15) is 23.3 Å². The lowest BCUT2D eigenvalue weighted by atomic mass is 9.99. The maximum absolute atomic E-state index is 13.0. The van der Waals surface area contributed by atoms with E-state index in [4.69, 9.17) is 9.15 Å². The van der Waals surface area contributed by atoms with Crippen LogP contribution in [0.4, 0.5) is 5.13 Å². The highest BCUT2D eigenvalue weighted by atomic mass is 32.1. The standard InChI is InChI=1S/C22H20N2O5S/c1-4-28-15-9-7-14(8-10-15)19(25)17-18(16-6-5-11-29-16)24(21(27)20(17)26)22-23-12(2)13(3)30-22/h5-11,18,25H,4H2,1-3H3/t18-/m0/s1. The number of Topliss-reactive ketones (excluding diaryl/α,β-unsaturated/α-hetero) is 1. The van der Waals surface area contributed by atoms with E-state index in [1.165, 1.54) is 22.5 Å². The molecule has 1 fully saturated rings. The summed E-state index contributed by atoms with van der Waals surface area (Å²) >= 11 is 1.31. The molecule has 0 aliphatic carbocycles. The first-order valence-electron chi connectivity index (χ1n) is 9.44. The first kappa shape index (κ1) is 19.9. The van der Waals surface area contributed by atoms with Crippen molar-refractivity contribution in [2.24, 2.45) is 0 Å². The molecule has 1 atom stereocenters. The fourth-order valence-electron chi connectivity index (χ4n) is 3.34. The Morgan fingerprint density at radius 1 is 1.23 bits per heavy atom. The summed E-state index contributed by atoms with van der Waals surface area (Å²) in [5.41, 5.74) is 1.14. The van der Waals surface area contributed by atoms with E-state index >= 15 is 0 Å². The number of aliphatic hydroxyl groups excluding tert-OH is 1. The maximum Gasteiger partial charge on any atom is 0.302 e. The van der Waals surface area contributed by atoms with Crippen molar-refractivity contribution in [1.29, 1.82) is 0 Å². The molecular weight excluding hydrogens is 404 g/mol. The van der Waals surface area contributed by atoms with E-state index in [1.54, 1.807) is 36.4 Å². The van der Waals surface area contributed by atoms with Gasteiger partial charge in [-0.25, -0.2) is 4.98 Å². The molecule has 1 N–H and O–H groups in total. The number of aromatic nitrogens is 1. The van der Waals surface area contributed by atoms with Gasteiger partial charge in [-0.1, -0.05) is 0 Å². The summed E-state index contributed by atoms with van der Waals surface area (Å²) in [5, 5.41) is 11.4. The summed E-state index contributed by atoms with van der Waals surface area (Å²) in [7, 11) is 0. The van der Waals surface area contributed by atoms with Crippen LogP contribution in [0.25, 0.3) is 5.76 Å². The fraction of sp³-hybridized carbons (Fsp3) is 0.227. The van der Waals surface area contributed by atoms with Crippen molar-refractivity contribution in [2.45, 2.75) is 26.8 Å². The Morgan fingerprint density at radius 3 is 2.53 bits per heavy atom. The molecule has 1 aromatic carbocycles. The zero-order chi connectivity index (χ0) is 21.4. The normalized spacial score (nSPS) is 18.2. The average Bonchev–Trinajstić information content (AvgIpc) is 3.43. The SMILES string of the molecule is CCOc1ccc(C(O)=C2C(=O)C(=O)N(c3nc(C)c(C)s3)[C@H]2c2ccco2)cc1. The summed E-state index contributed by atoms with van der Waals surface area (Å²) in [4.78, 5) is 32.6. The Labute approximate surface area is 177 Å². The molecule has 8 heteroatoms. The summed E-state index contributed by atoms with van der Waals surface area (Å²) in [6.45, 7) is 6.13. The van der Waals surface area contributed by atoms with Gasteiger partial charge in [0.15, 0.2) is 5.13 Å². The molecular formula is C22H20N2O5S. The van der Waals surface area contributed by atoms with Crippen molar-refractivity contribution >= 4 is 33.9 Å². The van der Waals surface area contributed by atoms with Gasteiger partial charge in [-0.3, -0.25) is 14.5 Å². The molecule has 0 saturated carbocycles. The number of nitrogens with zero attached hydrogens (tertiary/aromatic N) is 2. The van der Waals surface area contributed by atoms with E-state index in [0.29, 0.717) is 28.8 Å². The van der Waals surface area contributed by atoms with E-state index in [2.05, 4.69) is 4.98 Å². The number of carbonyl (C=O) groups is 2. The Balaban J connectivity index is 1.86. The number of rotatable bonds is 5. The number of amides is 1. The molecule has 0 bridgehead atoms. The van der Waals surface area contributed by atoms with Crippen LogP contribution in [-0.4, -0.2) is 28.4 Å². The number of carbonyl (C=O) groups excluding carboxylic acids is 2. The first-order chi connectivity index (χ1) is 14.4. The van der Waals surface area contributed by atoms with Gasteiger partial charge in [-0.15, -0.1) is 11.3 Å². The molecule has 30 heavy (non-hydrogen) atoms. The zero-order valence-electron chi connectivity index (χ0n) is 16.7. The van der Waals surface area contributed by atoms with Crippen LogP contribution in [0, 0.1) is 13.8 Å². The van der Waals surface area contributed by atoms with E-state index in [1.807, 2.05) is 20.8 Å². The van der Waals surface area contributed by atoms with Crippen LogP contribution in [0.2, 0.25) is 0 Å². The summed E-state index contributed by atoms with van der Waals surface area (Å²) in [6.07, 6.45) is 1.46. The molecule has 4 rings (SSSR count). The second-order valence-corrected chi connectivity index (χ2v) is 7.96. The third-order valence-electron chi connectivity index (χ3n) is 4.92. The lowest BCUT2D eigenvalue weighted by Gasteiger charge is -2.20. The molecule has 1 aliphatic rings. The maximum atomic E-state index is 13.0. The molecule has 2 aromatic heterocycles. The predicted octanol–water partition coefficient (Wildman–Crippen LogP) is 4.38. The minimum atomic E-state index is -0.906. The Bertz CT molecular complexity index is 1110. The highest BCUT2D eigenvalue weighted by Gasteiger charge is 2.49. The minimum absolute atomic E-state index is 0.0374. The van der Waals surface area contributed by atoms with Gasteiger partial charge in [0.05, 0.1) is 24.1 Å². The fourth-order valence-corrected chi connectivity index (χ4v) is 4.27. The number of furan rings is 1. The lowest BCUT2D eigenvalue weighted by molar-refractivity contribution is -0.132. The third kappa shape index (κ3) is 3.29. The minimum Gasteiger partial charge on any atom is -0.507 e. The van der Waals surface area contributed by atoms with E-state index < -0.39 is 17.7 Å². The van der Waals surface area contributed by atoms with Gasteiger partial charge in [-0.05, 0) is 57.2 Å². The van der Waals surface area contributed by atoms with Crippen molar-refractivity contribution < 1.29 is 23.8 Å². The van der Waals surface area contributed by atoms with Gasteiger partial charge >= 0.3 is 5.91 Å². The van der Waals surface area contributed by atoms with Gasteiger partial charge in [-0.2, -0.15) is 0 Å². The summed E-state index contributed by atoms with van der Waals surface area (Å²) in [5.74, 6) is -0.797. The molecule has 0 radical (unpaired) electrons. The molecule has 154 valence electrons. The van der Waals surface area contributed by atoms with Gasteiger partial charge in [0.25, 0.3) is 5.78 Å². The largest absolute Gasteiger partial charge is 0.507 e. The number of hydrogen-bond donors (Lipinski definition) is 1. The monoisotopic (exact) mass is 424 g/mol. The first-order valence-corrected chi connectivity index (χ1v) is 10.3. The molecule has 3 aromatic rings. The van der Waals surface area contributed by atoms with Crippen LogP contribution in [0.1, 0.15) is 34.9 Å². The van der Waals surface area contributed by atoms with Crippen molar-refractivity contribution in [3.8, 4) is 5.75 Å². The predicted molar refractivity (Wildman–Crippen MR) is 113 cm³/mol. The van der Waals surface area contributed by atoms with E-state index in [0.717, 1.165) is 10.6 Å².